The SMILES string of the molecule is C=C1c2ccccc2C(=O)N1CC(=O)Nc1ccccc1N1CCc2ccccc21. The molecule has 0 saturated heterocycles. The van der Waals surface area contributed by atoms with Gasteiger partial charge < -0.3 is 10.2 Å². The summed E-state index contributed by atoms with van der Waals surface area (Å²) in [5.41, 5.74) is 6.08. The van der Waals surface area contributed by atoms with Crippen molar-refractivity contribution in [2.75, 3.05) is 23.3 Å². The van der Waals surface area contributed by atoms with Crippen molar-refractivity contribution in [3.05, 3.63) is 96.1 Å². The molecule has 2 aliphatic heterocycles. The lowest BCUT2D eigenvalue weighted by Crippen LogP contribution is -2.33. The van der Waals surface area contributed by atoms with Crippen LogP contribution < -0.4 is 10.2 Å². The molecule has 0 radical (unpaired) electrons. The zero-order chi connectivity index (χ0) is 20.7. The van der Waals surface area contributed by atoms with Gasteiger partial charge in [-0.15, -0.1) is 0 Å². The van der Waals surface area contributed by atoms with Crippen molar-refractivity contribution in [2.45, 2.75) is 6.42 Å². The first-order chi connectivity index (χ1) is 14.6. The Kier molecular flexibility index (Phi) is 4.36. The molecule has 0 bridgehead atoms. The first kappa shape index (κ1) is 18.2. The van der Waals surface area contributed by atoms with Gasteiger partial charge in [-0.1, -0.05) is 55.1 Å². The fourth-order valence-electron chi connectivity index (χ4n) is 4.24. The van der Waals surface area contributed by atoms with Crippen molar-refractivity contribution in [3.63, 3.8) is 0 Å². The van der Waals surface area contributed by atoms with Crippen LogP contribution in [0.3, 0.4) is 0 Å². The molecule has 0 spiro atoms. The zero-order valence-corrected chi connectivity index (χ0v) is 16.5. The molecule has 0 aliphatic carbocycles. The third-order valence-electron chi connectivity index (χ3n) is 5.70. The highest BCUT2D eigenvalue weighted by Gasteiger charge is 2.32. The predicted octanol–water partition coefficient (Wildman–Crippen LogP) is 4.45. The Balaban J connectivity index is 1.36. The molecule has 2 heterocycles. The minimum atomic E-state index is -0.253. The minimum Gasteiger partial charge on any atom is -0.339 e. The Morgan fingerprint density at radius 2 is 1.57 bits per heavy atom. The monoisotopic (exact) mass is 395 g/mol. The molecular formula is C25H21N3O2. The molecule has 0 saturated carbocycles. The van der Waals surface area contributed by atoms with E-state index < -0.39 is 0 Å². The first-order valence-electron chi connectivity index (χ1n) is 9.98. The van der Waals surface area contributed by atoms with Gasteiger partial charge in [0.2, 0.25) is 5.91 Å². The second kappa shape index (κ2) is 7.19. The number of amides is 2. The number of rotatable bonds is 4. The van der Waals surface area contributed by atoms with Crippen LogP contribution in [0.25, 0.3) is 5.70 Å². The average Bonchev–Trinajstić information content (AvgIpc) is 3.30. The second-order valence-electron chi connectivity index (χ2n) is 7.48. The fourth-order valence-corrected chi connectivity index (χ4v) is 4.24. The zero-order valence-electron chi connectivity index (χ0n) is 16.5. The topological polar surface area (TPSA) is 52.7 Å². The number of anilines is 3. The molecule has 1 N–H and O–H groups in total. The molecule has 5 rings (SSSR count). The molecule has 3 aromatic carbocycles. The van der Waals surface area contributed by atoms with Crippen LogP contribution in [0.2, 0.25) is 0 Å². The summed E-state index contributed by atoms with van der Waals surface area (Å²) in [6, 6.07) is 23.4. The molecule has 0 aromatic heterocycles. The van der Waals surface area contributed by atoms with Gasteiger partial charge in [-0.25, -0.2) is 0 Å². The fraction of sp³-hybridized carbons (Fsp3) is 0.120. The van der Waals surface area contributed by atoms with Crippen molar-refractivity contribution in [3.8, 4) is 0 Å². The number of nitrogens with zero attached hydrogens (tertiary/aromatic N) is 2. The number of fused-ring (bicyclic) bond motifs is 2. The predicted molar refractivity (Wildman–Crippen MR) is 119 cm³/mol. The number of nitrogens with one attached hydrogen (secondary N) is 1. The molecule has 30 heavy (non-hydrogen) atoms. The summed E-state index contributed by atoms with van der Waals surface area (Å²) in [5.74, 6) is -0.440. The summed E-state index contributed by atoms with van der Waals surface area (Å²) in [5, 5.41) is 3.00. The number of carbonyl (C=O) groups is 2. The normalized spacial score (nSPS) is 14.7. The van der Waals surface area contributed by atoms with Crippen molar-refractivity contribution < 1.29 is 9.59 Å². The number of benzene rings is 3. The Hall–Kier alpha value is -3.86. The van der Waals surface area contributed by atoms with Gasteiger partial charge in [-0.05, 0) is 36.2 Å². The van der Waals surface area contributed by atoms with Gasteiger partial charge in [0.05, 0.1) is 11.4 Å². The lowest BCUT2D eigenvalue weighted by atomic mass is 10.1. The van der Waals surface area contributed by atoms with E-state index in [1.165, 1.54) is 10.5 Å². The maximum atomic E-state index is 12.9. The van der Waals surface area contributed by atoms with E-state index in [1.54, 1.807) is 6.07 Å². The van der Waals surface area contributed by atoms with E-state index in [2.05, 4.69) is 28.9 Å². The summed E-state index contributed by atoms with van der Waals surface area (Å²) in [6.45, 7) is 4.80. The lowest BCUT2D eigenvalue weighted by Gasteiger charge is -2.24. The third kappa shape index (κ3) is 2.95. The number of hydrogen-bond donors (Lipinski definition) is 1. The molecular weight excluding hydrogens is 374 g/mol. The standard InChI is InChI=1S/C25H21N3O2/c1-17-19-9-3-4-10-20(19)25(30)28(17)16-24(29)26-21-11-5-7-13-23(21)27-15-14-18-8-2-6-12-22(18)27/h2-13H,1,14-16H2,(H,26,29). The van der Waals surface area contributed by atoms with Gasteiger partial charge in [-0.2, -0.15) is 0 Å². The largest absolute Gasteiger partial charge is 0.339 e. The van der Waals surface area contributed by atoms with Crippen molar-refractivity contribution in [1.82, 2.24) is 4.90 Å². The Morgan fingerprint density at radius 3 is 2.37 bits per heavy atom. The van der Waals surface area contributed by atoms with Gasteiger partial charge in [0.15, 0.2) is 0 Å². The maximum Gasteiger partial charge on any atom is 0.259 e. The van der Waals surface area contributed by atoms with Crippen LogP contribution >= 0.6 is 0 Å². The van der Waals surface area contributed by atoms with Crippen LogP contribution in [0.4, 0.5) is 17.1 Å². The van der Waals surface area contributed by atoms with E-state index in [1.807, 2.05) is 54.6 Å². The molecule has 0 unspecified atom stereocenters. The summed E-state index contributed by atoms with van der Waals surface area (Å²) in [4.78, 5) is 29.2. The quantitative estimate of drug-likeness (QED) is 0.710. The lowest BCUT2D eigenvalue weighted by molar-refractivity contribution is -0.116. The molecule has 5 heteroatoms. The van der Waals surface area contributed by atoms with Crippen LogP contribution in [-0.4, -0.2) is 29.8 Å². The van der Waals surface area contributed by atoms with Gasteiger partial charge in [0, 0.05) is 29.1 Å². The van der Waals surface area contributed by atoms with Gasteiger partial charge in [0.1, 0.15) is 6.54 Å². The van der Waals surface area contributed by atoms with Crippen LogP contribution in [0, 0.1) is 0 Å². The number of para-hydroxylation sites is 3. The molecule has 2 amide bonds. The maximum absolute atomic E-state index is 12.9. The summed E-state index contributed by atoms with van der Waals surface area (Å²) >= 11 is 0. The van der Waals surface area contributed by atoms with Crippen LogP contribution in [0.15, 0.2) is 79.4 Å². The minimum absolute atomic E-state index is 0.0722. The molecule has 0 atom stereocenters. The van der Waals surface area contributed by atoms with Crippen LogP contribution in [-0.2, 0) is 11.2 Å². The van der Waals surface area contributed by atoms with E-state index in [-0.39, 0.29) is 18.4 Å². The Morgan fingerprint density at radius 1 is 0.900 bits per heavy atom. The van der Waals surface area contributed by atoms with E-state index >= 15 is 0 Å². The summed E-state index contributed by atoms with van der Waals surface area (Å²) < 4.78 is 0. The van der Waals surface area contributed by atoms with Gasteiger partial charge in [0.25, 0.3) is 5.91 Å². The highest BCUT2D eigenvalue weighted by atomic mass is 16.2. The van der Waals surface area contributed by atoms with Crippen LogP contribution in [0.1, 0.15) is 21.5 Å². The van der Waals surface area contributed by atoms with E-state index in [9.17, 15) is 9.59 Å². The molecule has 0 fully saturated rings. The van der Waals surface area contributed by atoms with Crippen molar-refractivity contribution in [2.24, 2.45) is 0 Å². The molecule has 3 aromatic rings. The average molecular weight is 395 g/mol. The van der Waals surface area contributed by atoms with E-state index in [0.717, 1.165) is 35.6 Å². The molecule has 5 nitrogen and oxygen atoms in total. The smallest absolute Gasteiger partial charge is 0.259 e. The molecule has 148 valence electrons. The summed E-state index contributed by atoms with van der Waals surface area (Å²) in [6.07, 6.45) is 0.971. The van der Waals surface area contributed by atoms with E-state index in [0.29, 0.717) is 11.3 Å². The molecule has 2 aliphatic rings. The van der Waals surface area contributed by atoms with Crippen LogP contribution in [0.5, 0.6) is 0 Å². The number of hydrogen-bond acceptors (Lipinski definition) is 3. The third-order valence-corrected chi connectivity index (χ3v) is 5.70. The summed E-state index contributed by atoms with van der Waals surface area (Å²) in [7, 11) is 0. The second-order valence-corrected chi connectivity index (χ2v) is 7.48. The highest BCUT2D eigenvalue weighted by Crippen LogP contribution is 2.38. The van der Waals surface area contributed by atoms with Crippen molar-refractivity contribution in [1.29, 1.82) is 0 Å². The van der Waals surface area contributed by atoms with Gasteiger partial charge >= 0.3 is 0 Å². The Labute approximate surface area is 175 Å². The van der Waals surface area contributed by atoms with Crippen molar-refractivity contribution >= 4 is 34.6 Å². The van der Waals surface area contributed by atoms with E-state index in [4.69, 9.17) is 0 Å². The highest BCUT2D eigenvalue weighted by molar-refractivity contribution is 6.11. The number of carbonyl (C=O) groups excluding carboxylic acids is 2. The van der Waals surface area contributed by atoms with Gasteiger partial charge in [-0.3, -0.25) is 14.5 Å². The Bertz CT molecular complexity index is 1150. The first-order valence-corrected chi connectivity index (χ1v) is 9.98.